The molecule has 0 N–H and O–H groups in total. The molecule has 6 heteroatoms. The Labute approximate surface area is 185 Å². The van der Waals surface area contributed by atoms with Crippen molar-refractivity contribution in [2.75, 3.05) is 0 Å². The van der Waals surface area contributed by atoms with Crippen LogP contribution in [0.5, 0.6) is 0 Å². The summed E-state index contributed by atoms with van der Waals surface area (Å²) in [6, 6.07) is 6.63. The van der Waals surface area contributed by atoms with Gasteiger partial charge in [0.1, 0.15) is 5.40 Å². The molecule has 3 rings (SSSR count). The molecular formula is C25H27F4NS. The Kier molecular flexibility index (Phi) is 8.43. The van der Waals surface area contributed by atoms with E-state index in [2.05, 4.69) is 6.92 Å². The van der Waals surface area contributed by atoms with Crippen LogP contribution in [0.4, 0.5) is 17.6 Å². The van der Waals surface area contributed by atoms with Gasteiger partial charge in [0.2, 0.25) is 0 Å². The van der Waals surface area contributed by atoms with Crippen molar-refractivity contribution in [2.24, 2.45) is 5.92 Å². The minimum atomic E-state index is -1.54. The van der Waals surface area contributed by atoms with E-state index < -0.39 is 33.7 Å². The number of thioether (sulfide) groups is 1. The molecule has 2 aromatic rings. The first-order valence-electron chi connectivity index (χ1n) is 11.0. The Bertz CT molecular complexity index is 899. The predicted octanol–water partition coefficient (Wildman–Crippen LogP) is 8.73. The Morgan fingerprint density at radius 3 is 2.03 bits per heavy atom. The Morgan fingerprint density at radius 1 is 0.871 bits per heavy atom. The van der Waals surface area contributed by atoms with Crippen LogP contribution < -0.4 is 0 Å². The highest BCUT2D eigenvalue weighted by molar-refractivity contribution is 8.03. The topological polar surface area (TPSA) is 23.8 Å². The van der Waals surface area contributed by atoms with Crippen LogP contribution in [0, 0.1) is 39.8 Å². The van der Waals surface area contributed by atoms with Crippen molar-refractivity contribution in [3.63, 3.8) is 0 Å². The zero-order valence-electron chi connectivity index (χ0n) is 17.7. The van der Waals surface area contributed by atoms with Gasteiger partial charge in [0.25, 0.3) is 0 Å². The minimum Gasteiger partial charge on any atom is -0.203 e. The molecule has 0 amide bonds. The van der Waals surface area contributed by atoms with Crippen LogP contribution in [-0.2, 0) is 0 Å². The molecule has 1 fully saturated rings. The average molecular weight is 450 g/mol. The van der Waals surface area contributed by atoms with Crippen LogP contribution in [0.15, 0.2) is 29.2 Å². The third-order valence-corrected chi connectivity index (χ3v) is 7.01. The van der Waals surface area contributed by atoms with E-state index in [1.807, 2.05) is 0 Å². The maximum absolute atomic E-state index is 14.5. The summed E-state index contributed by atoms with van der Waals surface area (Å²) in [5.41, 5.74) is 0.431. The van der Waals surface area contributed by atoms with E-state index in [9.17, 15) is 17.6 Å². The largest absolute Gasteiger partial charge is 0.203 e. The van der Waals surface area contributed by atoms with Gasteiger partial charge in [-0.25, -0.2) is 17.6 Å². The van der Waals surface area contributed by atoms with Crippen molar-refractivity contribution in [3.05, 3.63) is 53.1 Å². The number of halogens is 4. The molecule has 0 radical (unpaired) electrons. The summed E-state index contributed by atoms with van der Waals surface area (Å²) in [6.07, 6.45) is 11.0. The summed E-state index contributed by atoms with van der Waals surface area (Å²) >= 11 is 0.0647. The zero-order valence-corrected chi connectivity index (χ0v) is 18.5. The van der Waals surface area contributed by atoms with Gasteiger partial charge in [0.15, 0.2) is 23.3 Å². The Morgan fingerprint density at radius 2 is 1.48 bits per heavy atom. The number of rotatable bonds is 8. The SMILES string of the molecule is CCCCCCC1CCC(c2ccc(-c3c(F)c(F)c(SC#N)c(F)c3F)cc2)CC1. The summed E-state index contributed by atoms with van der Waals surface area (Å²) < 4.78 is 57.2. The standard InChI is InChI=1S/C25H27F4NS/c1-2-3-4-5-6-16-7-9-17(10-8-16)18-11-13-19(14-12-18)20-21(26)23(28)25(31-15-30)24(29)22(20)27/h11-14,16-17H,2-10H2,1H3. The fraction of sp³-hybridized carbons (Fsp3) is 0.480. The van der Waals surface area contributed by atoms with Gasteiger partial charge < -0.3 is 0 Å². The highest BCUT2D eigenvalue weighted by Crippen LogP contribution is 2.40. The fourth-order valence-electron chi connectivity index (χ4n) is 4.57. The molecule has 1 saturated carbocycles. The van der Waals surface area contributed by atoms with E-state index in [0.717, 1.165) is 24.3 Å². The van der Waals surface area contributed by atoms with Gasteiger partial charge in [0, 0.05) is 0 Å². The number of benzene rings is 2. The van der Waals surface area contributed by atoms with Gasteiger partial charge in [-0.1, -0.05) is 63.3 Å². The van der Waals surface area contributed by atoms with E-state index in [0.29, 0.717) is 5.92 Å². The van der Waals surface area contributed by atoms with E-state index in [1.165, 1.54) is 62.5 Å². The second-order valence-electron chi connectivity index (χ2n) is 8.34. The quantitative estimate of drug-likeness (QED) is 0.132. The second-order valence-corrected chi connectivity index (χ2v) is 9.14. The Balaban J connectivity index is 1.70. The number of unbranched alkanes of at least 4 members (excludes halogenated alkanes) is 3. The van der Waals surface area contributed by atoms with Gasteiger partial charge in [0.05, 0.1) is 10.5 Å². The molecule has 0 atom stereocenters. The molecule has 0 spiro atoms. The minimum absolute atomic E-state index is 0.0647. The first kappa shape index (κ1) is 23.7. The van der Waals surface area contributed by atoms with E-state index >= 15 is 0 Å². The third-order valence-electron chi connectivity index (χ3n) is 6.35. The molecule has 0 heterocycles. The van der Waals surface area contributed by atoms with Crippen LogP contribution >= 0.6 is 11.8 Å². The second kappa shape index (κ2) is 11.0. The summed E-state index contributed by atoms with van der Waals surface area (Å²) in [6.45, 7) is 2.22. The molecular weight excluding hydrogens is 422 g/mol. The van der Waals surface area contributed by atoms with Crippen LogP contribution in [0.25, 0.3) is 11.1 Å². The molecule has 2 aromatic carbocycles. The van der Waals surface area contributed by atoms with Crippen LogP contribution in [0.1, 0.15) is 76.2 Å². The summed E-state index contributed by atoms with van der Waals surface area (Å²) in [4.78, 5) is -0.954. The lowest BCUT2D eigenvalue weighted by atomic mass is 9.77. The van der Waals surface area contributed by atoms with E-state index in [1.54, 1.807) is 12.1 Å². The van der Waals surface area contributed by atoms with E-state index in [-0.39, 0.29) is 17.3 Å². The number of nitrogens with zero attached hydrogens (tertiary/aromatic N) is 1. The molecule has 0 aromatic heterocycles. The maximum atomic E-state index is 14.5. The van der Waals surface area contributed by atoms with Gasteiger partial charge in [-0.05, 0) is 60.4 Å². The molecule has 0 bridgehead atoms. The predicted molar refractivity (Wildman–Crippen MR) is 117 cm³/mol. The smallest absolute Gasteiger partial charge is 0.177 e. The molecule has 1 nitrogen and oxygen atoms in total. The zero-order chi connectivity index (χ0) is 22.4. The molecule has 1 aliphatic rings. The third kappa shape index (κ3) is 5.44. The molecule has 0 saturated heterocycles. The van der Waals surface area contributed by atoms with Crippen molar-refractivity contribution >= 4 is 11.8 Å². The molecule has 0 unspecified atom stereocenters. The molecule has 1 aliphatic carbocycles. The summed E-state index contributed by atoms with van der Waals surface area (Å²) in [7, 11) is 0. The highest BCUT2D eigenvalue weighted by atomic mass is 32.2. The number of nitriles is 1. The van der Waals surface area contributed by atoms with Crippen LogP contribution in [0.3, 0.4) is 0 Å². The van der Waals surface area contributed by atoms with Crippen molar-refractivity contribution < 1.29 is 17.6 Å². The lowest BCUT2D eigenvalue weighted by Gasteiger charge is -2.29. The number of hydrogen-bond acceptors (Lipinski definition) is 2. The van der Waals surface area contributed by atoms with Gasteiger partial charge >= 0.3 is 0 Å². The molecule has 166 valence electrons. The monoisotopic (exact) mass is 449 g/mol. The van der Waals surface area contributed by atoms with Gasteiger partial charge in [-0.3, -0.25) is 0 Å². The summed E-state index contributed by atoms with van der Waals surface area (Å²) in [5, 5.41) is 10.1. The number of thiocyanates is 1. The maximum Gasteiger partial charge on any atom is 0.177 e. The molecule has 0 aliphatic heterocycles. The number of hydrogen-bond donors (Lipinski definition) is 0. The van der Waals surface area contributed by atoms with Crippen LogP contribution in [0.2, 0.25) is 0 Å². The van der Waals surface area contributed by atoms with Gasteiger partial charge in [-0.15, -0.1) is 0 Å². The van der Waals surface area contributed by atoms with Crippen molar-refractivity contribution in [3.8, 4) is 16.5 Å². The lowest BCUT2D eigenvalue weighted by molar-refractivity contribution is 0.302. The van der Waals surface area contributed by atoms with Gasteiger partial charge in [-0.2, -0.15) is 5.26 Å². The van der Waals surface area contributed by atoms with E-state index in [4.69, 9.17) is 5.26 Å². The Hall–Kier alpha value is -2.00. The van der Waals surface area contributed by atoms with Crippen LogP contribution in [-0.4, -0.2) is 0 Å². The molecule has 31 heavy (non-hydrogen) atoms. The lowest BCUT2D eigenvalue weighted by Crippen LogP contribution is -2.13. The first-order chi connectivity index (χ1) is 15.0. The first-order valence-corrected chi connectivity index (χ1v) is 11.8. The fourth-order valence-corrected chi connectivity index (χ4v) is 5.02. The van der Waals surface area contributed by atoms with Crippen molar-refractivity contribution in [2.45, 2.75) is 75.5 Å². The average Bonchev–Trinajstić information content (AvgIpc) is 2.79. The van der Waals surface area contributed by atoms with Crippen molar-refractivity contribution in [1.82, 2.24) is 0 Å². The normalized spacial score (nSPS) is 18.7. The highest BCUT2D eigenvalue weighted by Gasteiger charge is 2.27. The summed E-state index contributed by atoms with van der Waals surface area (Å²) in [5.74, 6) is -4.85. The van der Waals surface area contributed by atoms with Crippen molar-refractivity contribution in [1.29, 1.82) is 5.26 Å².